The first-order chi connectivity index (χ1) is 9.06. The Morgan fingerprint density at radius 3 is 2.79 bits per heavy atom. The van der Waals surface area contributed by atoms with Crippen LogP contribution in [0.2, 0.25) is 0 Å². The number of aromatic nitrogens is 1. The minimum Gasteiger partial charge on any atom is -0.480 e. The van der Waals surface area contributed by atoms with Gasteiger partial charge in [-0.3, -0.25) is 9.69 Å². The molecule has 106 valence electrons. The highest BCUT2D eigenvalue weighted by Crippen LogP contribution is 2.36. The number of carbonyl (C=O) groups is 1. The Labute approximate surface area is 118 Å². The van der Waals surface area contributed by atoms with E-state index < -0.39 is 5.97 Å². The second-order valence-electron chi connectivity index (χ2n) is 5.54. The number of carboxylic acids is 1. The molecule has 0 unspecified atom stereocenters. The zero-order chi connectivity index (χ0) is 13.8. The van der Waals surface area contributed by atoms with Crippen molar-refractivity contribution in [1.29, 1.82) is 0 Å². The van der Waals surface area contributed by atoms with Gasteiger partial charge in [0.25, 0.3) is 0 Å². The molecule has 1 aromatic rings. The van der Waals surface area contributed by atoms with E-state index in [4.69, 9.17) is 5.11 Å². The fraction of sp³-hybridized carbons (Fsp3) is 0.714. The van der Waals surface area contributed by atoms with Crippen molar-refractivity contribution in [2.24, 2.45) is 0 Å². The van der Waals surface area contributed by atoms with Crippen molar-refractivity contribution in [2.45, 2.75) is 58.0 Å². The zero-order valence-electron chi connectivity index (χ0n) is 11.6. The number of hydrogen-bond acceptors (Lipinski definition) is 4. The van der Waals surface area contributed by atoms with Crippen LogP contribution in [0.25, 0.3) is 0 Å². The van der Waals surface area contributed by atoms with Gasteiger partial charge in [0.2, 0.25) is 0 Å². The molecule has 2 rings (SSSR count). The van der Waals surface area contributed by atoms with Crippen molar-refractivity contribution >= 4 is 17.3 Å². The smallest absolute Gasteiger partial charge is 0.317 e. The van der Waals surface area contributed by atoms with E-state index in [0.29, 0.717) is 12.5 Å². The van der Waals surface area contributed by atoms with E-state index in [1.54, 1.807) is 11.3 Å². The highest BCUT2D eigenvalue weighted by Gasteiger charge is 2.21. The lowest BCUT2D eigenvalue weighted by atomic mass is 10.1. The van der Waals surface area contributed by atoms with Gasteiger partial charge in [-0.1, -0.05) is 12.8 Å². The van der Waals surface area contributed by atoms with Crippen molar-refractivity contribution in [3.05, 3.63) is 16.1 Å². The monoisotopic (exact) mass is 282 g/mol. The number of thiazole rings is 1. The quantitative estimate of drug-likeness (QED) is 0.871. The Kier molecular flexibility index (Phi) is 4.93. The Bertz CT molecular complexity index is 425. The van der Waals surface area contributed by atoms with E-state index in [0.717, 1.165) is 0 Å². The van der Waals surface area contributed by atoms with Crippen LogP contribution in [0.3, 0.4) is 0 Å². The molecular weight excluding hydrogens is 260 g/mol. The fourth-order valence-corrected chi connectivity index (χ4v) is 3.66. The number of carboxylic acid groups (broad SMARTS) is 1. The van der Waals surface area contributed by atoms with Gasteiger partial charge in [0.05, 0.1) is 11.6 Å². The highest BCUT2D eigenvalue weighted by atomic mass is 32.1. The van der Waals surface area contributed by atoms with Crippen LogP contribution in [0.15, 0.2) is 6.20 Å². The average molecular weight is 282 g/mol. The van der Waals surface area contributed by atoms with Crippen LogP contribution in [0.1, 0.15) is 55.3 Å². The van der Waals surface area contributed by atoms with Gasteiger partial charge in [-0.05, 0) is 26.7 Å². The summed E-state index contributed by atoms with van der Waals surface area (Å²) >= 11 is 1.76. The highest BCUT2D eigenvalue weighted by molar-refractivity contribution is 7.11. The predicted molar refractivity (Wildman–Crippen MR) is 76.5 cm³/mol. The van der Waals surface area contributed by atoms with Gasteiger partial charge in [0.15, 0.2) is 0 Å². The lowest BCUT2D eigenvalue weighted by Crippen LogP contribution is -2.34. The van der Waals surface area contributed by atoms with E-state index in [9.17, 15) is 4.79 Å². The molecule has 1 aromatic heterocycles. The van der Waals surface area contributed by atoms with Crippen LogP contribution in [0.4, 0.5) is 0 Å². The van der Waals surface area contributed by atoms with Gasteiger partial charge >= 0.3 is 5.97 Å². The van der Waals surface area contributed by atoms with E-state index in [1.165, 1.54) is 35.6 Å². The Morgan fingerprint density at radius 2 is 2.21 bits per heavy atom. The summed E-state index contributed by atoms with van der Waals surface area (Å²) in [4.78, 5) is 18.5. The minimum atomic E-state index is -0.769. The molecule has 0 aromatic carbocycles. The molecule has 0 radical (unpaired) electrons. The predicted octanol–water partition coefficient (Wildman–Crippen LogP) is 3.10. The van der Waals surface area contributed by atoms with Crippen molar-refractivity contribution in [3.8, 4) is 0 Å². The van der Waals surface area contributed by atoms with Gasteiger partial charge in [0.1, 0.15) is 0 Å². The van der Waals surface area contributed by atoms with Crippen molar-refractivity contribution in [2.75, 3.05) is 6.54 Å². The van der Waals surface area contributed by atoms with Crippen molar-refractivity contribution in [1.82, 2.24) is 9.88 Å². The maximum absolute atomic E-state index is 10.9. The van der Waals surface area contributed by atoms with Gasteiger partial charge in [-0.15, -0.1) is 11.3 Å². The molecule has 4 nitrogen and oxygen atoms in total. The van der Waals surface area contributed by atoms with Crippen LogP contribution in [0, 0.1) is 0 Å². The van der Waals surface area contributed by atoms with Crippen LogP contribution >= 0.6 is 11.3 Å². The molecule has 1 heterocycles. The third-order valence-electron chi connectivity index (χ3n) is 3.70. The summed E-state index contributed by atoms with van der Waals surface area (Å²) in [6.07, 6.45) is 7.08. The minimum absolute atomic E-state index is 0.0916. The van der Waals surface area contributed by atoms with Crippen LogP contribution in [-0.4, -0.2) is 33.5 Å². The summed E-state index contributed by atoms with van der Waals surface area (Å²) in [5.74, 6) is -0.125. The maximum atomic E-state index is 10.9. The molecule has 0 saturated heterocycles. The summed E-state index contributed by atoms with van der Waals surface area (Å²) in [7, 11) is 0. The van der Waals surface area contributed by atoms with Gasteiger partial charge in [-0.2, -0.15) is 0 Å². The zero-order valence-corrected chi connectivity index (χ0v) is 12.4. The lowest BCUT2D eigenvalue weighted by molar-refractivity contribution is -0.138. The first-order valence-electron chi connectivity index (χ1n) is 6.96. The topological polar surface area (TPSA) is 53.4 Å². The fourth-order valence-electron chi connectivity index (χ4n) is 2.55. The summed E-state index contributed by atoms with van der Waals surface area (Å²) in [5.41, 5.74) is 0. The third kappa shape index (κ3) is 4.01. The third-order valence-corrected chi connectivity index (χ3v) is 4.85. The van der Waals surface area contributed by atoms with Crippen molar-refractivity contribution in [3.63, 3.8) is 0 Å². The summed E-state index contributed by atoms with van der Waals surface area (Å²) in [5, 5.41) is 10.2. The Balaban J connectivity index is 1.98. The Hall–Kier alpha value is -0.940. The maximum Gasteiger partial charge on any atom is 0.317 e. The Morgan fingerprint density at radius 1 is 1.53 bits per heavy atom. The van der Waals surface area contributed by atoms with E-state index >= 15 is 0 Å². The van der Waals surface area contributed by atoms with Crippen LogP contribution in [0.5, 0.6) is 0 Å². The second kappa shape index (κ2) is 6.48. The largest absolute Gasteiger partial charge is 0.480 e. The summed E-state index contributed by atoms with van der Waals surface area (Å²) < 4.78 is 0. The van der Waals surface area contributed by atoms with Crippen LogP contribution < -0.4 is 0 Å². The van der Waals surface area contributed by atoms with E-state index in [1.807, 2.05) is 24.9 Å². The number of rotatable bonds is 6. The van der Waals surface area contributed by atoms with Crippen LogP contribution in [-0.2, 0) is 11.3 Å². The molecule has 1 aliphatic rings. The SMILES string of the molecule is CC(C)N(CC(=O)O)Cc1cnc(C2CCCC2)s1. The molecule has 0 amide bonds. The molecule has 0 atom stereocenters. The molecule has 19 heavy (non-hydrogen) atoms. The van der Waals surface area contributed by atoms with E-state index in [-0.39, 0.29) is 12.6 Å². The molecular formula is C14H22N2O2S. The summed E-state index contributed by atoms with van der Waals surface area (Å²) in [6.45, 7) is 4.84. The van der Waals surface area contributed by atoms with E-state index in [2.05, 4.69) is 4.98 Å². The molecule has 5 heteroatoms. The summed E-state index contributed by atoms with van der Waals surface area (Å²) in [6, 6.07) is 0.230. The van der Waals surface area contributed by atoms with Gasteiger partial charge in [0, 0.05) is 29.6 Å². The van der Waals surface area contributed by atoms with Gasteiger partial charge in [-0.25, -0.2) is 4.98 Å². The number of hydrogen-bond donors (Lipinski definition) is 1. The molecule has 1 saturated carbocycles. The average Bonchev–Trinajstić information content (AvgIpc) is 2.97. The number of nitrogens with zero attached hydrogens (tertiary/aromatic N) is 2. The number of aliphatic carboxylic acids is 1. The normalized spacial score (nSPS) is 16.6. The lowest BCUT2D eigenvalue weighted by Gasteiger charge is -2.23. The first-order valence-corrected chi connectivity index (χ1v) is 7.78. The molecule has 0 aliphatic heterocycles. The molecule has 0 bridgehead atoms. The standard InChI is InChI=1S/C14H22N2O2S/c1-10(2)16(9-13(17)18)8-12-7-15-14(19-12)11-5-3-4-6-11/h7,10-11H,3-6,8-9H2,1-2H3,(H,17,18). The van der Waals surface area contributed by atoms with Gasteiger partial charge < -0.3 is 5.11 Å². The first kappa shape index (κ1) is 14.5. The molecule has 1 fully saturated rings. The molecule has 1 N–H and O–H groups in total. The molecule has 0 spiro atoms. The second-order valence-corrected chi connectivity index (χ2v) is 6.69. The molecule has 1 aliphatic carbocycles. The van der Waals surface area contributed by atoms with Crippen molar-refractivity contribution < 1.29 is 9.90 Å².